The molecule has 1 N–H and O–H groups in total. The van der Waals surface area contributed by atoms with Gasteiger partial charge in [0.15, 0.2) is 11.6 Å². The van der Waals surface area contributed by atoms with Crippen molar-refractivity contribution in [3.05, 3.63) is 23.1 Å². The molecule has 2 unspecified atom stereocenters. The van der Waals surface area contributed by atoms with E-state index in [4.69, 9.17) is 11.6 Å². The van der Waals surface area contributed by atoms with Crippen molar-refractivity contribution in [3.63, 3.8) is 0 Å². The third kappa shape index (κ3) is 4.45. The highest BCUT2D eigenvalue weighted by Gasteiger charge is 2.08. The van der Waals surface area contributed by atoms with Gasteiger partial charge in [0.05, 0.1) is 5.02 Å². The van der Waals surface area contributed by atoms with Gasteiger partial charge in [-0.25, -0.2) is 9.37 Å². The smallest absolute Gasteiger partial charge is 0.166 e. The number of anilines is 1. The van der Waals surface area contributed by atoms with E-state index in [9.17, 15) is 8.60 Å². The molecule has 0 fully saturated rings. The fourth-order valence-corrected chi connectivity index (χ4v) is 2.00. The lowest BCUT2D eigenvalue weighted by Crippen LogP contribution is -2.19. The average Bonchev–Trinajstić information content (AvgIpc) is 2.19. The minimum Gasteiger partial charge on any atom is -0.365 e. The second kappa shape index (κ2) is 6.15. The Morgan fingerprint density at radius 2 is 2.38 bits per heavy atom. The van der Waals surface area contributed by atoms with E-state index < -0.39 is 16.6 Å². The average molecular weight is 265 g/mol. The van der Waals surface area contributed by atoms with Crippen LogP contribution in [0.3, 0.4) is 0 Å². The van der Waals surface area contributed by atoms with E-state index >= 15 is 0 Å². The van der Waals surface area contributed by atoms with Crippen LogP contribution in [-0.4, -0.2) is 27.2 Å². The number of hydrogen-bond acceptors (Lipinski definition) is 3. The Kier molecular flexibility index (Phi) is 5.15. The number of pyridine rings is 1. The second-order valence-corrected chi connectivity index (χ2v) is 5.59. The highest BCUT2D eigenvalue weighted by atomic mass is 35.5. The number of aromatic nitrogens is 1. The maximum absolute atomic E-state index is 13.3. The lowest BCUT2D eigenvalue weighted by molar-refractivity contribution is 0.618. The van der Waals surface area contributed by atoms with Crippen LogP contribution in [0.4, 0.5) is 10.2 Å². The Bertz CT molecular complexity index is 389. The van der Waals surface area contributed by atoms with Gasteiger partial charge >= 0.3 is 0 Å². The largest absolute Gasteiger partial charge is 0.365 e. The molecular formula is C10H14ClFN2OS. The van der Waals surface area contributed by atoms with E-state index in [1.165, 1.54) is 12.3 Å². The minimum absolute atomic E-state index is 0.0204. The lowest BCUT2D eigenvalue weighted by atomic mass is 10.2. The van der Waals surface area contributed by atoms with Crippen LogP contribution < -0.4 is 5.32 Å². The summed E-state index contributed by atoms with van der Waals surface area (Å²) in [6.45, 7) is 1.89. The first-order chi connectivity index (χ1) is 7.49. The third-order valence-electron chi connectivity index (χ3n) is 2.03. The molecule has 1 heterocycles. The van der Waals surface area contributed by atoms with E-state index in [2.05, 4.69) is 10.3 Å². The number of nitrogens with zero attached hydrogens (tertiary/aromatic N) is 1. The van der Waals surface area contributed by atoms with Crippen LogP contribution in [-0.2, 0) is 10.8 Å². The topological polar surface area (TPSA) is 42.0 Å². The maximum atomic E-state index is 13.3. The first kappa shape index (κ1) is 13.4. The van der Waals surface area contributed by atoms with Gasteiger partial charge in [0.2, 0.25) is 0 Å². The molecule has 3 nitrogen and oxygen atoms in total. The molecule has 2 atom stereocenters. The summed E-state index contributed by atoms with van der Waals surface area (Å²) in [5.74, 6) is 0.291. The van der Waals surface area contributed by atoms with Gasteiger partial charge in [-0.1, -0.05) is 11.6 Å². The number of nitrogens with one attached hydrogen (secondary N) is 1. The van der Waals surface area contributed by atoms with Gasteiger partial charge < -0.3 is 5.32 Å². The molecule has 0 aromatic carbocycles. The quantitative estimate of drug-likeness (QED) is 0.888. The standard InChI is InChI=1S/C10H14ClFN2OS/c1-7(3-4-16(2)15)14-10-9(12)5-8(11)6-13-10/h5-7H,3-4H2,1-2H3,(H,13,14). The molecule has 0 aliphatic carbocycles. The molecule has 0 spiro atoms. The Morgan fingerprint density at radius 3 is 2.94 bits per heavy atom. The molecule has 0 aliphatic heterocycles. The van der Waals surface area contributed by atoms with Crippen LogP contribution in [0.5, 0.6) is 0 Å². The van der Waals surface area contributed by atoms with Crippen molar-refractivity contribution in [1.82, 2.24) is 4.98 Å². The van der Waals surface area contributed by atoms with Gasteiger partial charge in [-0.15, -0.1) is 0 Å². The van der Waals surface area contributed by atoms with Gasteiger partial charge in [0, 0.05) is 35.0 Å². The number of hydrogen-bond donors (Lipinski definition) is 1. The molecule has 1 aromatic rings. The van der Waals surface area contributed by atoms with Gasteiger partial charge in [0.25, 0.3) is 0 Å². The van der Waals surface area contributed by atoms with Gasteiger partial charge in [-0.2, -0.15) is 0 Å². The Balaban J connectivity index is 2.55. The zero-order chi connectivity index (χ0) is 12.1. The van der Waals surface area contributed by atoms with E-state index in [0.717, 1.165) is 0 Å². The van der Waals surface area contributed by atoms with Crippen molar-refractivity contribution in [2.24, 2.45) is 0 Å². The summed E-state index contributed by atoms with van der Waals surface area (Å²) >= 11 is 5.59. The van der Waals surface area contributed by atoms with E-state index in [-0.39, 0.29) is 16.9 Å². The summed E-state index contributed by atoms with van der Waals surface area (Å²) in [4.78, 5) is 3.85. The van der Waals surface area contributed by atoms with E-state index in [0.29, 0.717) is 12.2 Å². The minimum atomic E-state index is -0.828. The van der Waals surface area contributed by atoms with Crippen LogP contribution in [0.1, 0.15) is 13.3 Å². The predicted octanol–water partition coefficient (Wildman–Crippen LogP) is 2.44. The van der Waals surface area contributed by atoms with Gasteiger partial charge in [0.1, 0.15) is 0 Å². The van der Waals surface area contributed by atoms with Crippen LogP contribution >= 0.6 is 11.6 Å². The molecule has 16 heavy (non-hydrogen) atoms. The molecule has 0 radical (unpaired) electrons. The monoisotopic (exact) mass is 264 g/mol. The molecule has 0 saturated carbocycles. The zero-order valence-corrected chi connectivity index (χ0v) is 10.7. The summed E-state index contributed by atoms with van der Waals surface area (Å²) in [5, 5.41) is 3.18. The van der Waals surface area contributed by atoms with Crippen molar-refractivity contribution >= 4 is 28.2 Å². The first-order valence-corrected chi connectivity index (χ1v) is 6.97. The summed E-state index contributed by atoms with van der Waals surface area (Å²) in [5.41, 5.74) is 0. The highest BCUT2D eigenvalue weighted by Crippen LogP contribution is 2.16. The van der Waals surface area contributed by atoms with Crippen LogP contribution in [0, 0.1) is 5.82 Å². The number of halogens is 2. The van der Waals surface area contributed by atoms with Crippen molar-refractivity contribution in [2.45, 2.75) is 19.4 Å². The van der Waals surface area contributed by atoms with Crippen LogP contribution in [0.15, 0.2) is 12.3 Å². The van der Waals surface area contributed by atoms with E-state index in [1.807, 2.05) is 6.92 Å². The van der Waals surface area contributed by atoms with Crippen LogP contribution in [0.25, 0.3) is 0 Å². The fourth-order valence-electron chi connectivity index (χ4n) is 1.17. The van der Waals surface area contributed by atoms with Gasteiger partial charge in [-0.3, -0.25) is 4.21 Å². The van der Waals surface area contributed by atoms with Crippen molar-refractivity contribution in [1.29, 1.82) is 0 Å². The highest BCUT2D eigenvalue weighted by molar-refractivity contribution is 7.84. The van der Waals surface area contributed by atoms with Crippen LogP contribution in [0.2, 0.25) is 5.02 Å². The van der Waals surface area contributed by atoms with Crippen molar-refractivity contribution < 1.29 is 8.60 Å². The molecule has 1 rings (SSSR count). The molecule has 6 heteroatoms. The Labute approximate surface area is 102 Å². The van der Waals surface area contributed by atoms with Crippen molar-refractivity contribution in [2.75, 3.05) is 17.3 Å². The fraction of sp³-hybridized carbons (Fsp3) is 0.500. The normalized spacial score (nSPS) is 14.5. The zero-order valence-electron chi connectivity index (χ0n) is 9.17. The predicted molar refractivity (Wildman–Crippen MR) is 65.8 cm³/mol. The molecule has 0 amide bonds. The molecular weight excluding hydrogens is 251 g/mol. The van der Waals surface area contributed by atoms with E-state index in [1.54, 1.807) is 6.26 Å². The summed E-state index contributed by atoms with van der Waals surface area (Å²) < 4.78 is 24.2. The second-order valence-electron chi connectivity index (χ2n) is 3.60. The SMILES string of the molecule is CC(CCS(C)=O)Nc1ncc(Cl)cc1F. The molecule has 0 bridgehead atoms. The van der Waals surface area contributed by atoms with Crippen molar-refractivity contribution in [3.8, 4) is 0 Å². The molecule has 0 saturated heterocycles. The summed E-state index contributed by atoms with van der Waals surface area (Å²) in [7, 11) is -0.828. The first-order valence-electron chi connectivity index (χ1n) is 4.86. The number of rotatable bonds is 5. The summed E-state index contributed by atoms with van der Waals surface area (Å²) in [6, 6.07) is 1.23. The third-order valence-corrected chi connectivity index (χ3v) is 3.05. The molecule has 90 valence electrons. The summed E-state index contributed by atoms with van der Waals surface area (Å²) in [6.07, 6.45) is 3.73. The lowest BCUT2D eigenvalue weighted by Gasteiger charge is -2.14. The Morgan fingerprint density at radius 1 is 1.69 bits per heavy atom. The maximum Gasteiger partial charge on any atom is 0.166 e. The molecule has 0 aliphatic rings. The Hall–Kier alpha value is -0.680. The molecule has 1 aromatic heterocycles. The van der Waals surface area contributed by atoms with Gasteiger partial charge in [-0.05, 0) is 19.4 Å².